The van der Waals surface area contributed by atoms with Crippen LogP contribution in [0.15, 0.2) is 9.66 Å². The van der Waals surface area contributed by atoms with Gasteiger partial charge in [0, 0.05) is 6.61 Å². The molecule has 84 valence electrons. The third kappa shape index (κ3) is 5.51. The molecule has 0 aromatic rings. The highest BCUT2D eigenvalue weighted by atomic mass is 127. The fraction of sp³-hybridized carbons (Fsp3) is 0.818. The van der Waals surface area contributed by atoms with Gasteiger partial charge in [0.1, 0.15) is 0 Å². The average Bonchev–Trinajstić information content (AvgIpc) is 1.95. The van der Waals surface area contributed by atoms with Crippen molar-refractivity contribution in [1.29, 1.82) is 0 Å². The average molecular weight is 326 g/mol. The molecule has 0 aliphatic heterocycles. The molecule has 0 aromatic heterocycles. The minimum Gasteiger partial charge on any atom is -0.417 e. The van der Waals surface area contributed by atoms with Crippen molar-refractivity contribution in [2.24, 2.45) is 0 Å². The smallest absolute Gasteiger partial charge is 0.191 e. The minimum absolute atomic E-state index is 0.329. The number of allylic oxidation sites excluding steroid dienone is 1. The van der Waals surface area contributed by atoms with Crippen LogP contribution in [0.25, 0.3) is 0 Å². The molecule has 0 saturated heterocycles. The van der Waals surface area contributed by atoms with E-state index >= 15 is 0 Å². The third-order valence-electron chi connectivity index (χ3n) is 2.81. The van der Waals surface area contributed by atoms with Gasteiger partial charge in [0.25, 0.3) is 0 Å². The predicted octanol–water partition coefficient (Wildman–Crippen LogP) is 4.74. The van der Waals surface area contributed by atoms with Crippen molar-refractivity contribution in [3.63, 3.8) is 0 Å². The molecule has 0 aromatic carbocycles. The predicted molar refractivity (Wildman–Crippen MR) is 75.5 cm³/mol. The maximum absolute atomic E-state index is 6.04. The SMILES string of the molecule is C/C(I)=C\CCO[Si](C)(C)C(C)(C)C. The summed E-state index contributed by atoms with van der Waals surface area (Å²) in [5.41, 5.74) is 0. The Morgan fingerprint density at radius 3 is 2.21 bits per heavy atom. The molecule has 3 heteroatoms. The highest BCUT2D eigenvalue weighted by molar-refractivity contribution is 14.1. The van der Waals surface area contributed by atoms with E-state index in [1.807, 2.05) is 0 Å². The Morgan fingerprint density at radius 2 is 1.86 bits per heavy atom. The number of hydrogen-bond donors (Lipinski definition) is 0. The highest BCUT2D eigenvalue weighted by Gasteiger charge is 2.36. The second-order valence-electron chi connectivity index (χ2n) is 5.19. The first kappa shape index (κ1) is 14.6. The maximum atomic E-state index is 6.04. The van der Waals surface area contributed by atoms with E-state index < -0.39 is 8.32 Å². The topological polar surface area (TPSA) is 9.23 Å². The van der Waals surface area contributed by atoms with Crippen LogP contribution >= 0.6 is 22.6 Å². The van der Waals surface area contributed by atoms with Crippen LogP contribution in [0, 0.1) is 0 Å². The molecule has 0 unspecified atom stereocenters. The number of rotatable bonds is 4. The maximum Gasteiger partial charge on any atom is 0.191 e. The van der Waals surface area contributed by atoms with Crippen molar-refractivity contribution < 1.29 is 4.43 Å². The van der Waals surface area contributed by atoms with Gasteiger partial charge in [0.15, 0.2) is 8.32 Å². The first-order valence-electron chi connectivity index (χ1n) is 5.13. The summed E-state index contributed by atoms with van der Waals surface area (Å²) in [7, 11) is -1.51. The van der Waals surface area contributed by atoms with E-state index in [-0.39, 0.29) is 0 Å². The summed E-state index contributed by atoms with van der Waals surface area (Å²) < 4.78 is 7.38. The molecule has 14 heavy (non-hydrogen) atoms. The summed E-state index contributed by atoms with van der Waals surface area (Å²) in [6, 6.07) is 0. The van der Waals surface area contributed by atoms with Crippen LogP contribution in [0.3, 0.4) is 0 Å². The van der Waals surface area contributed by atoms with Gasteiger partial charge >= 0.3 is 0 Å². The lowest BCUT2D eigenvalue weighted by Crippen LogP contribution is -2.40. The molecule has 0 rings (SSSR count). The Labute approximate surface area is 104 Å². The van der Waals surface area contributed by atoms with Crippen LogP contribution < -0.4 is 0 Å². The quantitative estimate of drug-likeness (QED) is 0.412. The van der Waals surface area contributed by atoms with Crippen LogP contribution in [-0.2, 0) is 4.43 Å². The molecule has 0 bridgehead atoms. The molecular formula is C11H23IOSi. The van der Waals surface area contributed by atoms with Crippen molar-refractivity contribution >= 4 is 30.9 Å². The first-order valence-corrected chi connectivity index (χ1v) is 9.12. The van der Waals surface area contributed by atoms with Gasteiger partial charge in [0.2, 0.25) is 0 Å². The Kier molecular flexibility index (Phi) is 5.92. The molecule has 0 radical (unpaired) electrons. The van der Waals surface area contributed by atoms with Gasteiger partial charge in [-0.05, 0) is 57.6 Å². The van der Waals surface area contributed by atoms with Gasteiger partial charge in [-0.3, -0.25) is 0 Å². The number of halogens is 1. The highest BCUT2D eigenvalue weighted by Crippen LogP contribution is 2.36. The molecular weight excluding hydrogens is 303 g/mol. The van der Waals surface area contributed by atoms with E-state index in [4.69, 9.17) is 4.43 Å². The Bertz CT molecular complexity index is 200. The number of hydrogen-bond acceptors (Lipinski definition) is 1. The van der Waals surface area contributed by atoms with Crippen molar-refractivity contribution in [3.05, 3.63) is 9.66 Å². The van der Waals surface area contributed by atoms with Gasteiger partial charge in [-0.1, -0.05) is 26.8 Å². The van der Waals surface area contributed by atoms with Crippen molar-refractivity contribution in [2.45, 2.75) is 52.2 Å². The molecule has 0 N–H and O–H groups in total. The fourth-order valence-corrected chi connectivity index (χ4v) is 2.16. The monoisotopic (exact) mass is 326 g/mol. The lowest BCUT2D eigenvalue weighted by Gasteiger charge is -2.36. The van der Waals surface area contributed by atoms with Crippen LogP contribution in [0.4, 0.5) is 0 Å². The van der Waals surface area contributed by atoms with E-state index in [1.165, 1.54) is 3.58 Å². The Morgan fingerprint density at radius 1 is 1.36 bits per heavy atom. The molecule has 0 fully saturated rings. The fourth-order valence-electron chi connectivity index (χ4n) is 0.788. The first-order chi connectivity index (χ1) is 6.17. The summed E-state index contributed by atoms with van der Waals surface area (Å²) in [6.45, 7) is 14.4. The van der Waals surface area contributed by atoms with Crippen molar-refractivity contribution in [1.82, 2.24) is 0 Å². The summed E-state index contributed by atoms with van der Waals surface area (Å²) in [5.74, 6) is 0. The van der Waals surface area contributed by atoms with E-state index in [0.29, 0.717) is 5.04 Å². The third-order valence-corrected chi connectivity index (χ3v) is 7.79. The Balaban J connectivity index is 3.95. The molecule has 1 nitrogen and oxygen atoms in total. The molecule has 0 spiro atoms. The largest absolute Gasteiger partial charge is 0.417 e. The van der Waals surface area contributed by atoms with Gasteiger partial charge in [-0.2, -0.15) is 0 Å². The van der Waals surface area contributed by atoms with Crippen molar-refractivity contribution in [3.8, 4) is 0 Å². The second kappa shape index (κ2) is 5.65. The lowest BCUT2D eigenvalue weighted by molar-refractivity contribution is 0.294. The van der Waals surface area contributed by atoms with Crippen LogP contribution in [-0.4, -0.2) is 14.9 Å². The zero-order valence-electron chi connectivity index (χ0n) is 10.3. The summed E-state index contributed by atoms with van der Waals surface area (Å²) in [6.07, 6.45) is 3.27. The van der Waals surface area contributed by atoms with Crippen LogP contribution in [0.2, 0.25) is 18.1 Å². The van der Waals surface area contributed by atoms with E-state index in [9.17, 15) is 0 Å². The molecule has 0 amide bonds. The van der Waals surface area contributed by atoms with Crippen LogP contribution in [0.5, 0.6) is 0 Å². The minimum atomic E-state index is -1.51. The van der Waals surface area contributed by atoms with E-state index in [2.05, 4.69) is 69.5 Å². The summed E-state index contributed by atoms with van der Waals surface area (Å²) in [4.78, 5) is 0. The van der Waals surface area contributed by atoms with E-state index in [1.54, 1.807) is 0 Å². The Hall–Kier alpha value is 0.647. The lowest BCUT2D eigenvalue weighted by atomic mass is 10.2. The van der Waals surface area contributed by atoms with Gasteiger partial charge in [-0.25, -0.2) is 0 Å². The van der Waals surface area contributed by atoms with Crippen LogP contribution in [0.1, 0.15) is 34.1 Å². The van der Waals surface area contributed by atoms with Crippen molar-refractivity contribution in [2.75, 3.05) is 6.61 Å². The normalized spacial score (nSPS) is 14.6. The van der Waals surface area contributed by atoms with E-state index in [0.717, 1.165) is 13.0 Å². The second-order valence-corrected chi connectivity index (χ2v) is 11.7. The molecule has 0 atom stereocenters. The van der Waals surface area contributed by atoms with Gasteiger partial charge in [0.05, 0.1) is 0 Å². The summed E-state index contributed by atoms with van der Waals surface area (Å²) >= 11 is 2.34. The summed E-state index contributed by atoms with van der Waals surface area (Å²) in [5, 5.41) is 0.329. The zero-order chi connectivity index (χ0) is 11.4. The molecule has 0 aliphatic carbocycles. The zero-order valence-corrected chi connectivity index (χ0v) is 13.4. The molecule has 0 saturated carbocycles. The van der Waals surface area contributed by atoms with Gasteiger partial charge in [-0.15, -0.1) is 0 Å². The standard InChI is InChI=1S/C11H23IOSi/c1-10(12)8-7-9-13-14(5,6)11(2,3)4/h8H,7,9H2,1-6H3/b10-8+. The molecule has 0 heterocycles. The molecule has 0 aliphatic rings. The van der Waals surface area contributed by atoms with Gasteiger partial charge < -0.3 is 4.43 Å².